The molecule has 1 heterocycles. The maximum atomic E-state index is 11.2. The summed E-state index contributed by atoms with van der Waals surface area (Å²) in [6.07, 6.45) is 4.79. The van der Waals surface area contributed by atoms with Crippen molar-refractivity contribution in [2.75, 3.05) is 6.61 Å². The summed E-state index contributed by atoms with van der Waals surface area (Å²) in [5.41, 5.74) is 0.0912. The Hall–Kier alpha value is -0.370. The van der Waals surface area contributed by atoms with Crippen molar-refractivity contribution >= 4 is 5.78 Å². The van der Waals surface area contributed by atoms with Crippen molar-refractivity contribution in [2.24, 2.45) is 5.92 Å². The van der Waals surface area contributed by atoms with Gasteiger partial charge in [0.1, 0.15) is 5.78 Å². The minimum Gasteiger partial charge on any atom is -0.375 e. The highest BCUT2D eigenvalue weighted by molar-refractivity contribution is 5.79. The molecule has 12 heavy (non-hydrogen) atoms. The number of Topliss-reactive ketones (excluding diaryl/α,β-unsaturated/α-hetero) is 1. The Bertz CT molecular complexity index is 192. The molecule has 1 saturated heterocycles. The molecule has 0 N–H and O–H groups in total. The Morgan fingerprint density at radius 2 is 2.33 bits per heavy atom. The molecular formula is C10H16O2. The zero-order valence-electron chi connectivity index (χ0n) is 7.64. The molecule has 0 radical (unpaired) electrons. The molecule has 2 rings (SSSR count). The third-order valence-corrected chi connectivity index (χ3v) is 3.39. The average Bonchev–Trinajstić information content (AvgIpc) is 2.48. The van der Waals surface area contributed by atoms with Crippen LogP contribution < -0.4 is 0 Å². The monoisotopic (exact) mass is 168 g/mol. The van der Waals surface area contributed by atoms with Crippen LogP contribution in [0.3, 0.4) is 0 Å². The summed E-state index contributed by atoms with van der Waals surface area (Å²) in [6, 6.07) is 0. The maximum absolute atomic E-state index is 11.2. The smallest absolute Gasteiger partial charge is 0.133 e. The predicted molar refractivity (Wildman–Crippen MR) is 45.9 cm³/mol. The summed E-state index contributed by atoms with van der Waals surface area (Å²) in [7, 11) is 0. The SMILES string of the molecule is C[C@H]1CC(=O)CC[C@]12CCCO2. The van der Waals surface area contributed by atoms with E-state index in [1.165, 1.54) is 12.8 Å². The highest BCUT2D eigenvalue weighted by atomic mass is 16.5. The minimum atomic E-state index is 0.0912. The van der Waals surface area contributed by atoms with E-state index in [-0.39, 0.29) is 5.60 Å². The summed E-state index contributed by atoms with van der Waals surface area (Å²) in [6.45, 7) is 3.06. The van der Waals surface area contributed by atoms with Gasteiger partial charge in [0.25, 0.3) is 0 Å². The van der Waals surface area contributed by atoms with Gasteiger partial charge in [-0.05, 0) is 25.2 Å². The fourth-order valence-corrected chi connectivity index (χ4v) is 2.53. The number of carbonyl (C=O) groups is 1. The Kier molecular flexibility index (Phi) is 1.95. The van der Waals surface area contributed by atoms with Crippen LogP contribution in [0.5, 0.6) is 0 Å². The van der Waals surface area contributed by atoms with E-state index in [9.17, 15) is 4.79 Å². The molecule has 0 bridgehead atoms. The molecule has 0 aromatic carbocycles. The molecule has 0 aromatic rings. The number of rotatable bonds is 0. The van der Waals surface area contributed by atoms with Crippen LogP contribution in [-0.2, 0) is 9.53 Å². The second-order valence-electron chi connectivity index (χ2n) is 4.16. The lowest BCUT2D eigenvalue weighted by Gasteiger charge is -2.37. The first kappa shape index (κ1) is 8.24. The number of hydrogen-bond donors (Lipinski definition) is 0. The zero-order chi connectivity index (χ0) is 8.60. The van der Waals surface area contributed by atoms with Gasteiger partial charge in [0.05, 0.1) is 5.60 Å². The van der Waals surface area contributed by atoms with Crippen LogP contribution in [0.15, 0.2) is 0 Å². The molecule has 0 unspecified atom stereocenters. The van der Waals surface area contributed by atoms with Gasteiger partial charge in [-0.2, -0.15) is 0 Å². The second kappa shape index (κ2) is 2.84. The summed E-state index contributed by atoms with van der Waals surface area (Å²) >= 11 is 0. The molecule has 1 aliphatic heterocycles. The van der Waals surface area contributed by atoms with Crippen molar-refractivity contribution in [1.29, 1.82) is 0 Å². The minimum absolute atomic E-state index is 0.0912. The Balaban J connectivity index is 2.10. The van der Waals surface area contributed by atoms with Gasteiger partial charge in [0, 0.05) is 19.4 Å². The second-order valence-corrected chi connectivity index (χ2v) is 4.16. The zero-order valence-corrected chi connectivity index (χ0v) is 7.64. The standard InChI is InChI=1S/C10H16O2/c1-8-7-9(11)3-5-10(8)4-2-6-12-10/h8H,2-7H2,1H3/t8-,10+/m0/s1. The number of carbonyl (C=O) groups excluding carboxylic acids is 1. The molecule has 2 nitrogen and oxygen atoms in total. The first-order valence-corrected chi connectivity index (χ1v) is 4.89. The van der Waals surface area contributed by atoms with Gasteiger partial charge in [0.2, 0.25) is 0 Å². The maximum Gasteiger partial charge on any atom is 0.133 e. The summed E-state index contributed by atoms with van der Waals surface area (Å²) in [5.74, 6) is 0.866. The predicted octanol–water partition coefficient (Wildman–Crippen LogP) is 1.92. The molecule has 1 spiro atoms. The number of hydrogen-bond acceptors (Lipinski definition) is 2. The lowest BCUT2D eigenvalue weighted by Crippen LogP contribution is -2.41. The van der Waals surface area contributed by atoms with Crippen LogP contribution in [-0.4, -0.2) is 18.0 Å². The van der Waals surface area contributed by atoms with Crippen molar-refractivity contribution in [2.45, 2.75) is 44.6 Å². The molecule has 2 aliphatic rings. The van der Waals surface area contributed by atoms with Crippen LogP contribution >= 0.6 is 0 Å². The highest BCUT2D eigenvalue weighted by Gasteiger charge is 2.43. The largest absolute Gasteiger partial charge is 0.375 e. The van der Waals surface area contributed by atoms with Crippen molar-refractivity contribution < 1.29 is 9.53 Å². The van der Waals surface area contributed by atoms with E-state index in [0.717, 1.165) is 25.9 Å². The molecule has 2 fully saturated rings. The summed E-state index contributed by atoms with van der Waals surface area (Å²) in [5, 5.41) is 0. The van der Waals surface area contributed by atoms with Gasteiger partial charge in [-0.25, -0.2) is 0 Å². The number of ether oxygens (including phenoxy) is 1. The third kappa shape index (κ3) is 1.18. The third-order valence-electron chi connectivity index (χ3n) is 3.39. The van der Waals surface area contributed by atoms with Crippen LogP contribution in [0.25, 0.3) is 0 Å². The first-order chi connectivity index (χ1) is 5.73. The van der Waals surface area contributed by atoms with E-state index in [1.54, 1.807) is 0 Å². The van der Waals surface area contributed by atoms with E-state index < -0.39 is 0 Å². The lowest BCUT2D eigenvalue weighted by atomic mass is 9.74. The van der Waals surface area contributed by atoms with Gasteiger partial charge >= 0.3 is 0 Å². The topological polar surface area (TPSA) is 26.3 Å². The fraction of sp³-hybridized carbons (Fsp3) is 0.900. The van der Waals surface area contributed by atoms with Gasteiger partial charge in [-0.1, -0.05) is 6.92 Å². The van der Waals surface area contributed by atoms with Crippen LogP contribution in [0.2, 0.25) is 0 Å². The summed E-state index contributed by atoms with van der Waals surface area (Å²) in [4.78, 5) is 11.2. The average molecular weight is 168 g/mol. The first-order valence-electron chi connectivity index (χ1n) is 4.89. The van der Waals surface area contributed by atoms with Gasteiger partial charge in [-0.15, -0.1) is 0 Å². The van der Waals surface area contributed by atoms with Crippen LogP contribution in [0.1, 0.15) is 39.0 Å². The van der Waals surface area contributed by atoms with E-state index in [2.05, 4.69) is 6.92 Å². The molecule has 0 amide bonds. The van der Waals surface area contributed by atoms with Gasteiger partial charge < -0.3 is 4.74 Å². The van der Waals surface area contributed by atoms with E-state index in [1.807, 2.05) is 0 Å². The lowest BCUT2D eigenvalue weighted by molar-refractivity contribution is -0.131. The molecule has 0 aromatic heterocycles. The molecular weight excluding hydrogens is 152 g/mol. The molecule has 2 heteroatoms. The van der Waals surface area contributed by atoms with Crippen LogP contribution in [0, 0.1) is 5.92 Å². The fourth-order valence-electron chi connectivity index (χ4n) is 2.53. The van der Waals surface area contributed by atoms with Crippen molar-refractivity contribution in [3.05, 3.63) is 0 Å². The summed E-state index contributed by atoms with van der Waals surface area (Å²) < 4.78 is 5.79. The molecule has 68 valence electrons. The van der Waals surface area contributed by atoms with Gasteiger partial charge in [0.15, 0.2) is 0 Å². The van der Waals surface area contributed by atoms with Crippen LogP contribution in [0.4, 0.5) is 0 Å². The van der Waals surface area contributed by atoms with Crippen molar-refractivity contribution in [1.82, 2.24) is 0 Å². The van der Waals surface area contributed by atoms with Crippen molar-refractivity contribution in [3.8, 4) is 0 Å². The Labute approximate surface area is 73.3 Å². The Morgan fingerprint density at radius 1 is 1.50 bits per heavy atom. The molecule has 2 atom stereocenters. The quantitative estimate of drug-likeness (QED) is 0.552. The Morgan fingerprint density at radius 3 is 2.92 bits per heavy atom. The van der Waals surface area contributed by atoms with Crippen molar-refractivity contribution in [3.63, 3.8) is 0 Å². The van der Waals surface area contributed by atoms with Gasteiger partial charge in [-0.3, -0.25) is 4.79 Å². The highest BCUT2D eigenvalue weighted by Crippen LogP contribution is 2.42. The number of ketones is 1. The van der Waals surface area contributed by atoms with E-state index >= 15 is 0 Å². The molecule has 1 aliphatic carbocycles. The molecule has 1 saturated carbocycles. The van der Waals surface area contributed by atoms with E-state index in [4.69, 9.17) is 4.74 Å². The van der Waals surface area contributed by atoms with E-state index in [0.29, 0.717) is 11.7 Å². The normalized spacial score (nSPS) is 42.4.